The first kappa shape index (κ1) is 15.3. The SMILES string of the molecule is CO[C@H]1C=CC(=O)[C@H](CC[C@H]2O[C@H](OC)C=C[C@@H]2O)O1. The van der Waals surface area contributed by atoms with E-state index in [-0.39, 0.29) is 5.78 Å². The zero-order valence-electron chi connectivity index (χ0n) is 11.6. The molecule has 0 bridgehead atoms. The number of aliphatic hydroxyl groups excluding tert-OH is 1. The molecule has 0 spiro atoms. The number of ether oxygens (including phenoxy) is 4. The number of methoxy groups -OCH3 is 2. The van der Waals surface area contributed by atoms with Gasteiger partial charge in [0.2, 0.25) is 0 Å². The fourth-order valence-electron chi connectivity index (χ4n) is 2.21. The van der Waals surface area contributed by atoms with E-state index in [0.29, 0.717) is 12.8 Å². The second kappa shape index (κ2) is 7.10. The van der Waals surface area contributed by atoms with E-state index in [1.54, 1.807) is 18.2 Å². The van der Waals surface area contributed by atoms with Gasteiger partial charge in [-0.25, -0.2) is 0 Å². The quantitative estimate of drug-likeness (QED) is 0.743. The number of hydrogen-bond donors (Lipinski definition) is 1. The highest BCUT2D eigenvalue weighted by molar-refractivity contribution is 5.94. The van der Waals surface area contributed by atoms with Gasteiger partial charge in [-0.3, -0.25) is 4.79 Å². The Morgan fingerprint density at radius 1 is 1.10 bits per heavy atom. The number of rotatable bonds is 5. The van der Waals surface area contributed by atoms with Gasteiger partial charge in [-0.05, 0) is 31.1 Å². The Morgan fingerprint density at radius 3 is 2.50 bits per heavy atom. The molecule has 20 heavy (non-hydrogen) atoms. The van der Waals surface area contributed by atoms with Crippen LogP contribution >= 0.6 is 0 Å². The molecule has 0 amide bonds. The van der Waals surface area contributed by atoms with Crippen molar-refractivity contribution < 1.29 is 28.8 Å². The van der Waals surface area contributed by atoms with Crippen molar-refractivity contribution in [2.24, 2.45) is 0 Å². The Hall–Kier alpha value is -1.05. The maximum absolute atomic E-state index is 11.7. The van der Waals surface area contributed by atoms with Crippen molar-refractivity contribution in [1.29, 1.82) is 0 Å². The summed E-state index contributed by atoms with van der Waals surface area (Å²) in [5.74, 6) is -0.0950. The molecule has 0 aromatic rings. The van der Waals surface area contributed by atoms with Gasteiger partial charge in [0.25, 0.3) is 0 Å². The minimum Gasteiger partial charge on any atom is -0.386 e. The molecular weight excluding hydrogens is 264 g/mol. The third-order valence-electron chi connectivity index (χ3n) is 3.37. The van der Waals surface area contributed by atoms with Crippen molar-refractivity contribution in [3.8, 4) is 0 Å². The van der Waals surface area contributed by atoms with Gasteiger partial charge in [0, 0.05) is 14.2 Å². The largest absolute Gasteiger partial charge is 0.386 e. The Bertz CT molecular complexity index is 391. The first-order valence-electron chi connectivity index (χ1n) is 6.59. The summed E-state index contributed by atoms with van der Waals surface area (Å²) in [6.45, 7) is 0. The average molecular weight is 284 g/mol. The Labute approximate surface area is 118 Å². The standard InChI is InChI=1S/C14H20O6/c1-17-13-7-3-9(15)11(19-13)5-6-12-10(16)4-8-14(18-2)20-12/h3-4,7-9,11-15H,5-6H2,1-2H3/t9-,11+,12-,13-,14+/m0/s1. The lowest BCUT2D eigenvalue weighted by Gasteiger charge is -2.30. The van der Waals surface area contributed by atoms with Crippen molar-refractivity contribution >= 4 is 5.78 Å². The fourth-order valence-corrected chi connectivity index (χ4v) is 2.21. The molecule has 2 aliphatic rings. The van der Waals surface area contributed by atoms with E-state index in [9.17, 15) is 9.90 Å². The van der Waals surface area contributed by atoms with Crippen LogP contribution in [0.1, 0.15) is 12.8 Å². The molecule has 2 aliphatic heterocycles. The van der Waals surface area contributed by atoms with Gasteiger partial charge in [0.15, 0.2) is 18.4 Å². The summed E-state index contributed by atoms with van der Waals surface area (Å²) in [6, 6.07) is 0. The highest BCUT2D eigenvalue weighted by atomic mass is 16.7. The van der Waals surface area contributed by atoms with Crippen LogP contribution in [-0.4, -0.2) is 56.0 Å². The maximum Gasteiger partial charge on any atom is 0.184 e. The van der Waals surface area contributed by atoms with Gasteiger partial charge in [0.1, 0.15) is 6.10 Å². The van der Waals surface area contributed by atoms with Gasteiger partial charge >= 0.3 is 0 Å². The lowest BCUT2D eigenvalue weighted by molar-refractivity contribution is -0.171. The predicted octanol–water partition coefficient (Wildman–Crippen LogP) is 0.552. The van der Waals surface area contributed by atoms with Crippen molar-refractivity contribution in [2.75, 3.05) is 14.2 Å². The highest BCUT2D eigenvalue weighted by Crippen LogP contribution is 2.21. The van der Waals surface area contributed by atoms with Gasteiger partial charge in [-0.1, -0.05) is 6.08 Å². The van der Waals surface area contributed by atoms with E-state index in [4.69, 9.17) is 18.9 Å². The molecular formula is C14H20O6. The van der Waals surface area contributed by atoms with Crippen molar-refractivity contribution in [3.63, 3.8) is 0 Å². The number of carbonyl (C=O) groups excluding carboxylic acids is 1. The number of ketones is 1. The van der Waals surface area contributed by atoms with Crippen molar-refractivity contribution in [1.82, 2.24) is 0 Å². The normalized spacial score (nSPS) is 37.4. The molecule has 6 heteroatoms. The lowest BCUT2D eigenvalue weighted by atomic mass is 10.0. The predicted molar refractivity (Wildman–Crippen MR) is 69.9 cm³/mol. The Morgan fingerprint density at radius 2 is 1.80 bits per heavy atom. The molecule has 0 radical (unpaired) electrons. The molecule has 0 saturated heterocycles. The van der Waals surface area contributed by atoms with E-state index < -0.39 is 30.9 Å². The van der Waals surface area contributed by atoms with E-state index in [0.717, 1.165) is 0 Å². The molecule has 2 heterocycles. The zero-order valence-corrected chi connectivity index (χ0v) is 11.6. The molecule has 112 valence electrons. The number of aliphatic hydroxyl groups is 1. The van der Waals surface area contributed by atoms with E-state index >= 15 is 0 Å². The van der Waals surface area contributed by atoms with Crippen LogP contribution < -0.4 is 0 Å². The molecule has 5 atom stereocenters. The molecule has 0 saturated carbocycles. The summed E-state index contributed by atoms with van der Waals surface area (Å²) < 4.78 is 21.1. The molecule has 1 N–H and O–H groups in total. The average Bonchev–Trinajstić information content (AvgIpc) is 2.48. The van der Waals surface area contributed by atoms with Crippen LogP contribution in [0.4, 0.5) is 0 Å². The smallest absolute Gasteiger partial charge is 0.184 e. The summed E-state index contributed by atoms with van der Waals surface area (Å²) in [4.78, 5) is 11.7. The topological polar surface area (TPSA) is 74.2 Å². The summed E-state index contributed by atoms with van der Waals surface area (Å²) in [7, 11) is 3.05. The minimum absolute atomic E-state index is 0.0950. The van der Waals surface area contributed by atoms with Gasteiger partial charge in [-0.2, -0.15) is 0 Å². The highest BCUT2D eigenvalue weighted by Gasteiger charge is 2.30. The summed E-state index contributed by atoms with van der Waals surface area (Å²) in [5.41, 5.74) is 0. The maximum atomic E-state index is 11.7. The first-order valence-corrected chi connectivity index (χ1v) is 6.59. The van der Waals surface area contributed by atoms with Crippen molar-refractivity contribution in [3.05, 3.63) is 24.3 Å². The molecule has 6 nitrogen and oxygen atoms in total. The fraction of sp³-hybridized carbons (Fsp3) is 0.643. The van der Waals surface area contributed by atoms with E-state index in [1.807, 2.05) is 0 Å². The van der Waals surface area contributed by atoms with Crippen molar-refractivity contribution in [2.45, 2.75) is 43.7 Å². The van der Waals surface area contributed by atoms with Crippen LogP contribution in [0.3, 0.4) is 0 Å². The lowest BCUT2D eigenvalue weighted by Crippen LogP contribution is -2.38. The van der Waals surface area contributed by atoms with Gasteiger partial charge in [-0.15, -0.1) is 0 Å². The first-order chi connectivity index (χ1) is 9.63. The van der Waals surface area contributed by atoms with Crippen LogP contribution in [0.25, 0.3) is 0 Å². The summed E-state index contributed by atoms with van der Waals surface area (Å²) >= 11 is 0. The second-order valence-corrected chi connectivity index (χ2v) is 4.72. The number of carbonyl (C=O) groups is 1. The third kappa shape index (κ3) is 3.74. The summed E-state index contributed by atoms with van der Waals surface area (Å²) in [6.07, 6.45) is 4.67. The molecule has 0 unspecified atom stereocenters. The minimum atomic E-state index is -0.700. The number of hydrogen-bond acceptors (Lipinski definition) is 6. The third-order valence-corrected chi connectivity index (χ3v) is 3.37. The molecule has 2 rings (SSSR count). The monoisotopic (exact) mass is 284 g/mol. The summed E-state index contributed by atoms with van der Waals surface area (Å²) in [5, 5.41) is 9.84. The molecule has 0 aromatic carbocycles. The second-order valence-electron chi connectivity index (χ2n) is 4.72. The molecule has 0 aliphatic carbocycles. The van der Waals surface area contributed by atoms with Crippen LogP contribution in [0.5, 0.6) is 0 Å². The van der Waals surface area contributed by atoms with Crippen LogP contribution in [-0.2, 0) is 23.7 Å². The van der Waals surface area contributed by atoms with Crippen LogP contribution in [0, 0.1) is 0 Å². The Kier molecular flexibility index (Phi) is 5.45. The van der Waals surface area contributed by atoms with Gasteiger partial charge in [0.05, 0.1) is 12.2 Å². The van der Waals surface area contributed by atoms with Crippen LogP contribution in [0.2, 0.25) is 0 Å². The zero-order chi connectivity index (χ0) is 14.5. The van der Waals surface area contributed by atoms with E-state index in [1.165, 1.54) is 20.3 Å². The van der Waals surface area contributed by atoms with Crippen LogP contribution in [0.15, 0.2) is 24.3 Å². The Balaban J connectivity index is 1.87. The molecule has 0 aromatic heterocycles. The van der Waals surface area contributed by atoms with E-state index in [2.05, 4.69) is 0 Å². The van der Waals surface area contributed by atoms with Gasteiger partial charge < -0.3 is 24.1 Å². The molecule has 0 fully saturated rings.